The molecule has 0 N–H and O–H groups in total. The minimum absolute atomic E-state index is 0.148. The molecule has 3 nitrogen and oxygen atoms in total. The van der Waals surface area contributed by atoms with E-state index in [4.69, 9.17) is 21.3 Å². The molecule has 4 heteroatoms. The molecule has 1 heterocycles. The summed E-state index contributed by atoms with van der Waals surface area (Å²) in [6.45, 7) is 8.15. The molecule has 0 aliphatic rings. The van der Waals surface area contributed by atoms with E-state index in [-0.39, 0.29) is 5.41 Å². The van der Waals surface area contributed by atoms with E-state index in [2.05, 4.69) is 25.8 Å². The maximum atomic E-state index is 6.27. The molecule has 106 valence electrons. The highest BCUT2D eigenvalue weighted by Gasteiger charge is 2.21. The van der Waals surface area contributed by atoms with E-state index in [1.165, 1.54) is 0 Å². The third kappa shape index (κ3) is 2.93. The van der Waals surface area contributed by atoms with E-state index < -0.39 is 0 Å². The molecule has 2 aromatic rings. The number of halogens is 1. The fourth-order valence-electron chi connectivity index (χ4n) is 1.88. The standard InChI is InChI=1S/C16H19ClN2O/c1-10-13(11-7-6-8-12(9-11)20-5)18-15(16(2,3)4)19-14(10)17/h6-9H,1-5H3. The highest BCUT2D eigenvalue weighted by atomic mass is 35.5. The van der Waals surface area contributed by atoms with Gasteiger partial charge in [0.2, 0.25) is 0 Å². The molecular weight excluding hydrogens is 272 g/mol. The molecule has 20 heavy (non-hydrogen) atoms. The van der Waals surface area contributed by atoms with Crippen LogP contribution >= 0.6 is 11.6 Å². The second kappa shape index (κ2) is 5.41. The maximum Gasteiger partial charge on any atom is 0.136 e. The topological polar surface area (TPSA) is 35.0 Å². The lowest BCUT2D eigenvalue weighted by molar-refractivity contribution is 0.415. The van der Waals surface area contributed by atoms with Crippen molar-refractivity contribution in [1.82, 2.24) is 9.97 Å². The van der Waals surface area contributed by atoms with Crippen molar-refractivity contribution in [2.24, 2.45) is 0 Å². The summed E-state index contributed by atoms with van der Waals surface area (Å²) in [5.74, 6) is 1.54. The molecule has 0 spiro atoms. The molecule has 0 bridgehead atoms. The number of benzene rings is 1. The molecule has 0 unspecified atom stereocenters. The van der Waals surface area contributed by atoms with Crippen molar-refractivity contribution in [3.63, 3.8) is 0 Å². The zero-order valence-electron chi connectivity index (χ0n) is 12.5. The van der Waals surface area contributed by atoms with Gasteiger partial charge in [0.15, 0.2) is 0 Å². The van der Waals surface area contributed by atoms with Gasteiger partial charge in [-0.25, -0.2) is 9.97 Å². The summed E-state index contributed by atoms with van der Waals surface area (Å²) in [7, 11) is 1.65. The van der Waals surface area contributed by atoms with Crippen LogP contribution in [0.5, 0.6) is 5.75 Å². The maximum absolute atomic E-state index is 6.27. The SMILES string of the molecule is COc1cccc(-c2nc(C(C)(C)C)nc(Cl)c2C)c1. The Hall–Kier alpha value is -1.61. The summed E-state index contributed by atoms with van der Waals surface area (Å²) in [5, 5.41) is 0.503. The highest BCUT2D eigenvalue weighted by molar-refractivity contribution is 6.30. The van der Waals surface area contributed by atoms with Gasteiger partial charge in [0.05, 0.1) is 12.8 Å². The van der Waals surface area contributed by atoms with Crippen LogP contribution in [0.15, 0.2) is 24.3 Å². The van der Waals surface area contributed by atoms with Crippen molar-refractivity contribution < 1.29 is 4.74 Å². The van der Waals surface area contributed by atoms with Crippen molar-refractivity contribution in [1.29, 1.82) is 0 Å². The molecule has 0 atom stereocenters. The van der Waals surface area contributed by atoms with Gasteiger partial charge in [-0.1, -0.05) is 44.5 Å². The summed E-state index contributed by atoms with van der Waals surface area (Å²) in [5.41, 5.74) is 2.57. The Balaban J connectivity index is 2.63. The summed E-state index contributed by atoms with van der Waals surface area (Å²) < 4.78 is 5.27. The summed E-state index contributed by atoms with van der Waals surface area (Å²) in [4.78, 5) is 9.09. The highest BCUT2D eigenvalue weighted by Crippen LogP contribution is 2.30. The first-order valence-electron chi connectivity index (χ1n) is 6.52. The largest absolute Gasteiger partial charge is 0.497 e. The van der Waals surface area contributed by atoms with Crippen molar-refractivity contribution in [2.45, 2.75) is 33.1 Å². The molecule has 0 radical (unpaired) electrons. The van der Waals surface area contributed by atoms with Crippen molar-refractivity contribution in [3.8, 4) is 17.0 Å². The Morgan fingerprint density at radius 3 is 2.45 bits per heavy atom. The number of hydrogen-bond donors (Lipinski definition) is 0. The number of nitrogens with zero attached hydrogens (tertiary/aromatic N) is 2. The molecule has 1 aromatic carbocycles. The molecular formula is C16H19ClN2O. The molecule has 0 saturated heterocycles. The Morgan fingerprint density at radius 2 is 1.85 bits per heavy atom. The van der Waals surface area contributed by atoms with E-state index in [9.17, 15) is 0 Å². The van der Waals surface area contributed by atoms with Crippen molar-refractivity contribution >= 4 is 11.6 Å². The summed E-state index contributed by atoms with van der Waals surface area (Å²) in [6.07, 6.45) is 0. The second-order valence-electron chi connectivity index (χ2n) is 5.79. The Morgan fingerprint density at radius 1 is 1.15 bits per heavy atom. The zero-order valence-corrected chi connectivity index (χ0v) is 13.2. The summed E-state index contributed by atoms with van der Waals surface area (Å²) in [6, 6.07) is 7.81. The van der Waals surface area contributed by atoms with Gasteiger partial charge in [0.1, 0.15) is 16.7 Å². The smallest absolute Gasteiger partial charge is 0.136 e. The van der Waals surface area contributed by atoms with Gasteiger partial charge in [-0.15, -0.1) is 0 Å². The Labute approximate surface area is 125 Å². The van der Waals surface area contributed by atoms with Crippen molar-refractivity contribution in [3.05, 3.63) is 40.8 Å². The number of ether oxygens (including phenoxy) is 1. The first kappa shape index (κ1) is 14.8. The van der Waals surface area contributed by atoms with Crippen LogP contribution in [0, 0.1) is 6.92 Å². The number of hydrogen-bond acceptors (Lipinski definition) is 3. The van der Waals surface area contributed by atoms with Crippen LogP contribution in [0.2, 0.25) is 5.15 Å². The van der Waals surface area contributed by atoms with E-state index in [1.807, 2.05) is 31.2 Å². The van der Waals surface area contributed by atoms with Gasteiger partial charge >= 0.3 is 0 Å². The van der Waals surface area contributed by atoms with Gasteiger partial charge in [-0.2, -0.15) is 0 Å². The monoisotopic (exact) mass is 290 g/mol. The van der Waals surface area contributed by atoms with Crippen LogP contribution < -0.4 is 4.74 Å². The van der Waals surface area contributed by atoms with Gasteiger partial charge < -0.3 is 4.74 Å². The molecule has 0 aliphatic heterocycles. The molecule has 0 aliphatic carbocycles. The van der Waals surface area contributed by atoms with Gasteiger partial charge in [0.25, 0.3) is 0 Å². The lowest BCUT2D eigenvalue weighted by Crippen LogP contribution is -2.17. The number of rotatable bonds is 2. The minimum Gasteiger partial charge on any atom is -0.497 e. The van der Waals surface area contributed by atoms with E-state index in [0.29, 0.717) is 5.15 Å². The average molecular weight is 291 g/mol. The molecule has 0 amide bonds. The Kier molecular flexibility index (Phi) is 4.00. The number of methoxy groups -OCH3 is 1. The van der Waals surface area contributed by atoms with E-state index in [0.717, 1.165) is 28.4 Å². The normalized spacial score (nSPS) is 11.5. The van der Waals surface area contributed by atoms with Crippen LogP contribution in [0.3, 0.4) is 0 Å². The minimum atomic E-state index is -0.148. The van der Waals surface area contributed by atoms with Crippen LogP contribution in [0.4, 0.5) is 0 Å². The van der Waals surface area contributed by atoms with Gasteiger partial charge in [-0.05, 0) is 19.1 Å². The van der Waals surface area contributed by atoms with E-state index in [1.54, 1.807) is 7.11 Å². The predicted octanol–water partition coefficient (Wildman–Crippen LogP) is 4.41. The van der Waals surface area contributed by atoms with Crippen molar-refractivity contribution in [2.75, 3.05) is 7.11 Å². The third-order valence-corrected chi connectivity index (χ3v) is 3.47. The quantitative estimate of drug-likeness (QED) is 0.768. The summed E-state index contributed by atoms with van der Waals surface area (Å²) >= 11 is 6.27. The molecule has 1 aromatic heterocycles. The van der Waals surface area contributed by atoms with Crippen LogP contribution in [-0.4, -0.2) is 17.1 Å². The fraction of sp³-hybridized carbons (Fsp3) is 0.375. The average Bonchev–Trinajstić information content (AvgIpc) is 2.40. The lowest BCUT2D eigenvalue weighted by Gasteiger charge is -2.19. The Bertz CT molecular complexity index is 633. The molecule has 0 saturated carbocycles. The van der Waals surface area contributed by atoms with Crippen LogP contribution in [-0.2, 0) is 5.41 Å². The molecule has 2 rings (SSSR count). The van der Waals surface area contributed by atoms with E-state index >= 15 is 0 Å². The first-order valence-corrected chi connectivity index (χ1v) is 6.90. The lowest BCUT2D eigenvalue weighted by atomic mass is 9.95. The third-order valence-electron chi connectivity index (χ3n) is 3.10. The first-order chi connectivity index (χ1) is 9.32. The van der Waals surface area contributed by atoms with Gasteiger partial charge in [-0.3, -0.25) is 0 Å². The molecule has 0 fully saturated rings. The number of aromatic nitrogens is 2. The second-order valence-corrected chi connectivity index (χ2v) is 6.15. The van der Waals surface area contributed by atoms with Crippen LogP contribution in [0.25, 0.3) is 11.3 Å². The van der Waals surface area contributed by atoms with Crippen LogP contribution in [0.1, 0.15) is 32.2 Å². The zero-order chi connectivity index (χ0) is 14.9. The van der Waals surface area contributed by atoms with Gasteiger partial charge in [0, 0.05) is 16.5 Å². The fourth-order valence-corrected chi connectivity index (χ4v) is 2.05. The predicted molar refractivity (Wildman–Crippen MR) is 82.5 cm³/mol.